The van der Waals surface area contributed by atoms with Crippen LogP contribution < -0.4 is 0 Å². The lowest BCUT2D eigenvalue weighted by atomic mass is 10.7. The number of hydrogen-bond acceptors (Lipinski definition) is 6. The van der Waals surface area contributed by atoms with Gasteiger partial charge in [-0.25, -0.2) is 0 Å². The molecule has 0 aromatic carbocycles. The van der Waals surface area contributed by atoms with E-state index in [2.05, 4.69) is 46.1 Å². The van der Waals surface area contributed by atoms with E-state index in [9.17, 15) is 0 Å². The first-order valence-corrected chi connectivity index (χ1v) is 12.8. The summed E-state index contributed by atoms with van der Waals surface area (Å²) in [7, 11) is -5.73. The molecular formula is C21H36O6Si2. The van der Waals surface area contributed by atoms with Crippen LogP contribution in [0.4, 0.5) is 0 Å². The summed E-state index contributed by atoms with van der Waals surface area (Å²) in [5.74, 6) is 3.18. The highest BCUT2D eigenvalue weighted by Gasteiger charge is 2.45. The second kappa shape index (κ2) is 12.8. The predicted molar refractivity (Wildman–Crippen MR) is 123 cm³/mol. The molecule has 0 spiro atoms. The predicted octanol–water partition coefficient (Wildman–Crippen LogP) is 6.51. The van der Waals surface area contributed by atoms with Gasteiger partial charge in [0.15, 0.2) is 0 Å². The zero-order valence-electron chi connectivity index (χ0n) is 19.0. The van der Waals surface area contributed by atoms with Gasteiger partial charge in [0.2, 0.25) is 0 Å². The molecule has 0 aliphatic heterocycles. The molecule has 8 heteroatoms. The van der Waals surface area contributed by atoms with E-state index >= 15 is 0 Å². The van der Waals surface area contributed by atoms with E-state index in [-0.39, 0.29) is 0 Å². The van der Waals surface area contributed by atoms with Gasteiger partial charge in [0, 0.05) is 12.2 Å². The number of hydrogen-bond donors (Lipinski definition) is 0. The van der Waals surface area contributed by atoms with Crippen molar-refractivity contribution in [2.45, 2.75) is 48.1 Å². The maximum atomic E-state index is 5.47. The molecule has 164 valence electrons. The maximum absolute atomic E-state index is 5.47. The molecule has 0 unspecified atom stereocenters. The topological polar surface area (TPSA) is 55.4 Å². The standard InChI is InChI=1S/C11H18O3Si.C10H18O3Si/c1-8-15(12-9(2)3,13-10(4)5)14-11(6)7;1-8(2)11-14(7,12-9(3)4)13-10(5)6/h8H,1-2,4,6H2,3,5,7H3;1,3,5H2,2,4,6-7H3. The van der Waals surface area contributed by atoms with Crippen molar-refractivity contribution in [3.8, 4) is 0 Å². The van der Waals surface area contributed by atoms with E-state index in [1.54, 1.807) is 48.1 Å². The highest BCUT2D eigenvalue weighted by atomic mass is 28.4. The van der Waals surface area contributed by atoms with Crippen molar-refractivity contribution in [2.24, 2.45) is 0 Å². The van der Waals surface area contributed by atoms with Crippen LogP contribution in [0.1, 0.15) is 41.5 Å². The molecule has 0 heterocycles. The van der Waals surface area contributed by atoms with E-state index < -0.39 is 17.6 Å². The molecule has 0 aromatic rings. The Morgan fingerprint density at radius 3 is 0.862 bits per heavy atom. The monoisotopic (exact) mass is 440 g/mol. The van der Waals surface area contributed by atoms with E-state index in [1.807, 2.05) is 0 Å². The van der Waals surface area contributed by atoms with Crippen LogP contribution >= 0.6 is 0 Å². The first-order valence-electron chi connectivity index (χ1n) is 8.77. The summed E-state index contributed by atoms with van der Waals surface area (Å²) in [6.07, 6.45) is 0. The molecule has 29 heavy (non-hydrogen) atoms. The minimum Gasteiger partial charge on any atom is -0.488 e. The summed E-state index contributed by atoms with van der Waals surface area (Å²) in [6.45, 7) is 37.7. The third-order valence-electron chi connectivity index (χ3n) is 2.28. The van der Waals surface area contributed by atoms with Gasteiger partial charge in [-0.05, 0) is 41.5 Å². The first kappa shape index (κ1) is 28.6. The summed E-state index contributed by atoms with van der Waals surface area (Å²) in [4.78, 5) is 0. The summed E-state index contributed by atoms with van der Waals surface area (Å²) in [6, 6.07) is 0. The van der Waals surface area contributed by atoms with Crippen LogP contribution in [0.25, 0.3) is 0 Å². The lowest BCUT2D eigenvalue weighted by molar-refractivity contribution is 0.152. The highest BCUT2D eigenvalue weighted by molar-refractivity contribution is 6.67. The minimum absolute atomic E-state index is 0.504. The fourth-order valence-corrected chi connectivity index (χ4v) is 5.78. The Hall–Kier alpha value is -2.59. The molecule has 0 saturated carbocycles. The highest BCUT2D eigenvalue weighted by Crippen LogP contribution is 2.21. The van der Waals surface area contributed by atoms with E-state index in [1.165, 1.54) is 5.70 Å². The van der Waals surface area contributed by atoms with Crippen molar-refractivity contribution in [1.82, 2.24) is 0 Å². The van der Waals surface area contributed by atoms with Gasteiger partial charge in [0.1, 0.15) is 0 Å². The molecule has 0 saturated heterocycles. The van der Waals surface area contributed by atoms with Crippen molar-refractivity contribution >= 4 is 17.6 Å². The molecule has 0 atom stereocenters. The molecule has 0 aromatic heterocycles. The van der Waals surface area contributed by atoms with Crippen molar-refractivity contribution in [3.63, 3.8) is 0 Å². The Kier molecular flexibility index (Phi) is 12.6. The van der Waals surface area contributed by atoms with Gasteiger partial charge in [-0.1, -0.05) is 46.1 Å². The van der Waals surface area contributed by atoms with Crippen LogP contribution in [0.2, 0.25) is 6.55 Å². The molecule has 0 radical (unpaired) electrons. The van der Waals surface area contributed by atoms with Crippen molar-refractivity contribution in [2.75, 3.05) is 0 Å². The van der Waals surface area contributed by atoms with Gasteiger partial charge >= 0.3 is 17.6 Å². The number of allylic oxidation sites excluding steroid dienone is 6. The van der Waals surface area contributed by atoms with Crippen LogP contribution in [-0.4, -0.2) is 17.6 Å². The Morgan fingerprint density at radius 2 is 0.724 bits per heavy atom. The van der Waals surface area contributed by atoms with Crippen LogP contribution in [0.15, 0.2) is 86.3 Å². The SMILES string of the molecule is C=C(C)O[Si](C)(OC(=C)C)OC(=C)C.C=C[Si](OC(=C)C)(OC(=C)C)OC(=C)C. The zero-order chi connectivity index (χ0) is 23.4. The van der Waals surface area contributed by atoms with E-state index in [4.69, 9.17) is 26.6 Å². The van der Waals surface area contributed by atoms with Gasteiger partial charge in [-0.2, -0.15) is 0 Å². The quantitative estimate of drug-likeness (QED) is 0.240. The van der Waals surface area contributed by atoms with E-state index in [0.29, 0.717) is 34.6 Å². The minimum atomic E-state index is -2.99. The molecule has 0 aliphatic carbocycles. The molecule has 0 amide bonds. The molecule has 0 bridgehead atoms. The zero-order valence-corrected chi connectivity index (χ0v) is 21.0. The van der Waals surface area contributed by atoms with E-state index in [0.717, 1.165) is 0 Å². The summed E-state index contributed by atoms with van der Waals surface area (Å²) in [5, 5.41) is 0. The van der Waals surface area contributed by atoms with Gasteiger partial charge < -0.3 is 26.6 Å². The fraction of sp³-hybridized carbons (Fsp3) is 0.333. The second-order valence-electron chi connectivity index (χ2n) is 6.49. The Labute approximate surface area is 178 Å². The first-order chi connectivity index (χ1) is 13.1. The molecular weight excluding hydrogens is 404 g/mol. The third kappa shape index (κ3) is 15.1. The smallest absolute Gasteiger partial charge is 0.488 e. The lowest BCUT2D eigenvalue weighted by Gasteiger charge is -2.27. The lowest BCUT2D eigenvalue weighted by Crippen LogP contribution is -2.42. The van der Waals surface area contributed by atoms with Crippen LogP contribution in [0, 0.1) is 0 Å². The Bertz CT molecular complexity index is 584. The summed E-state index contributed by atoms with van der Waals surface area (Å²) >= 11 is 0. The normalized spacial score (nSPS) is 10.2. The average Bonchev–Trinajstić information content (AvgIpc) is 2.41. The fourth-order valence-electron chi connectivity index (χ4n) is 1.93. The van der Waals surface area contributed by atoms with Gasteiger partial charge in [-0.3, -0.25) is 0 Å². The average molecular weight is 441 g/mol. The molecule has 0 N–H and O–H groups in total. The summed E-state index contributed by atoms with van der Waals surface area (Å²) in [5.41, 5.74) is 1.52. The maximum Gasteiger partial charge on any atom is 0.728 e. The van der Waals surface area contributed by atoms with Gasteiger partial charge in [-0.15, -0.1) is 0 Å². The molecule has 0 aliphatic rings. The molecule has 6 nitrogen and oxygen atoms in total. The van der Waals surface area contributed by atoms with Crippen molar-refractivity contribution < 1.29 is 26.6 Å². The van der Waals surface area contributed by atoms with Gasteiger partial charge in [0.25, 0.3) is 0 Å². The Balaban J connectivity index is 0. The van der Waals surface area contributed by atoms with Crippen molar-refractivity contribution in [3.05, 3.63) is 86.3 Å². The van der Waals surface area contributed by atoms with Crippen molar-refractivity contribution in [1.29, 1.82) is 0 Å². The number of rotatable bonds is 13. The van der Waals surface area contributed by atoms with Crippen LogP contribution in [-0.2, 0) is 26.6 Å². The van der Waals surface area contributed by atoms with Gasteiger partial charge in [0.05, 0.1) is 34.6 Å². The Morgan fingerprint density at radius 1 is 0.517 bits per heavy atom. The second-order valence-corrected chi connectivity index (χ2v) is 11.1. The molecule has 0 fully saturated rings. The molecule has 0 rings (SSSR count). The summed E-state index contributed by atoms with van der Waals surface area (Å²) < 4.78 is 32.7. The largest absolute Gasteiger partial charge is 0.728 e. The third-order valence-corrected chi connectivity index (χ3v) is 6.84. The van der Waals surface area contributed by atoms with Crippen LogP contribution in [0.3, 0.4) is 0 Å². The van der Waals surface area contributed by atoms with Crippen LogP contribution in [0.5, 0.6) is 0 Å².